The zero-order valence-electron chi connectivity index (χ0n) is 12.1. The Labute approximate surface area is 134 Å². The fraction of sp³-hybridized carbons (Fsp3) is 0. The van der Waals surface area contributed by atoms with Crippen molar-refractivity contribution in [2.45, 2.75) is 0 Å². The number of hydrogen-bond acceptors (Lipinski definition) is 5. The summed E-state index contributed by atoms with van der Waals surface area (Å²) < 4.78 is 0. The maximum absolute atomic E-state index is 12.0. The molecular formula is C15H11N5O4. The lowest BCUT2D eigenvalue weighted by Crippen LogP contribution is -2.29. The molecule has 0 unspecified atom stereocenters. The minimum absolute atomic E-state index is 0.0494. The molecule has 0 spiro atoms. The predicted molar refractivity (Wildman–Crippen MR) is 86.4 cm³/mol. The molecule has 1 heterocycles. The Morgan fingerprint density at radius 3 is 2.62 bits per heavy atom. The van der Waals surface area contributed by atoms with Crippen molar-refractivity contribution in [2.75, 3.05) is 10.6 Å². The Morgan fingerprint density at radius 1 is 1.08 bits per heavy atom. The number of benzene rings is 2. The van der Waals surface area contributed by atoms with E-state index in [0.29, 0.717) is 11.2 Å². The van der Waals surface area contributed by atoms with Crippen molar-refractivity contribution in [1.29, 1.82) is 0 Å². The number of nitro benzene ring substituents is 1. The molecule has 0 aliphatic carbocycles. The molecule has 9 heteroatoms. The van der Waals surface area contributed by atoms with Gasteiger partial charge in [-0.2, -0.15) is 0 Å². The molecule has 3 N–H and O–H groups in total. The smallest absolute Gasteiger partial charge is 0.314 e. The summed E-state index contributed by atoms with van der Waals surface area (Å²) in [7, 11) is 0. The summed E-state index contributed by atoms with van der Waals surface area (Å²) >= 11 is 0. The number of imidazole rings is 1. The van der Waals surface area contributed by atoms with Crippen LogP contribution in [0.15, 0.2) is 48.8 Å². The monoisotopic (exact) mass is 325 g/mol. The maximum Gasteiger partial charge on any atom is 0.314 e. The van der Waals surface area contributed by atoms with E-state index in [1.54, 1.807) is 18.2 Å². The Balaban J connectivity index is 1.73. The van der Waals surface area contributed by atoms with Crippen molar-refractivity contribution in [3.05, 3.63) is 58.9 Å². The molecule has 0 saturated heterocycles. The van der Waals surface area contributed by atoms with Gasteiger partial charge in [0.15, 0.2) is 0 Å². The maximum atomic E-state index is 12.0. The molecule has 0 aliphatic rings. The predicted octanol–water partition coefficient (Wildman–Crippen LogP) is 2.05. The van der Waals surface area contributed by atoms with Crippen molar-refractivity contribution in [1.82, 2.24) is 9.97 Å². The lowest BCUT2D eigenvalue weighted by molar-refractivity contribution is -0.383. The molecule has 3 rings (SSSR count). The van der Waals surface area contributed by atoms with Gasteiger partial charge in [0.25, 0.3) is 5.69 Å². The average Bonchev–Trinajstić information content (AvgIpc) is 3.02. The minimum atomic E-state index is -1.01. The molecule has 0 fully saturated rings. The van der Waals surface area contributed by atoms with Crippen LogP contribution in [-0.4, -0.2) is 26.7 Å². The van der Waals surface area contributed by atoms with Gasteiger partial charge in [-0.3, -0.25) is 19.7 Å². The van der Waals surface area contributed by atoms with E-state index in [-0.39, 0.29) is 11.4 Å². The fourth-order valence-electron chi connectivity index (χ4n) is 2.12. The highest BCUT2D eigenvalue weighted by Crippen LogP contribution is 2.23. The van der Waals surface area contributed by atoms with Crippen LogP contribution in [-0.2, 0) is 9.59 Å². The van der Waals surface area contributed by atoms with Gasteiger partial charge in [-0.25, -0.2) is 4.98 Å². The molecular weight excluding hydrogens is 314 g/mol. The number of carbonyl (C=O) groups is 2. The highest BCUT2D eigenvalue weighted by molar-refractivity contribution is 6.43. The SMILES string of the molecule is O=C(Nc1ccc2nc[nH]c2c1)C(=O)Nc1ccccc1[N+](=O)[O-]. The van der Waals surface area contributed by atoms with E-state index in [0.717, 1.165) is 5.52 Å². The number of amides is 2. The number of para-hydroxylation sites is 2. The quantitative estimate of drug-likeness (QED) is 0.385. The summed E-state index contributed by atoms with van der Waals surface area (Å²) in [5.74, 6) is -1.94. The molecule has 120 valence electrons. The minimum Gasteiger partial charge on any atom is -0.345 e. The van der Waals surface area contributed by atoms with E-state index in [2.05, 4.69) is 20.6 Å². The van der Waals surface area contributed by atoms with E-state index in [1.807, 2.05) is 0 Å². The topological polar surface area (TPSA) is 130 Å². The number of carbonyl (C=O) groups excluding carboxylic acids is 2. The Hall–Kier alpha value is -3.75. The second-order valence-electron chi connectivity index (χ2n) is 4.82. The average molecular weight is 325 g/mol. The molecule has 3 aromatic rings. The van der Waals surface area contributed by atoms with E-state index >= 15 is 0 Å². The molecule has 0 bridgehead atoms. The Morgan fingerprint density at radius 2 is 1.83 bits per heavy atom. The van der Waals surface area contributed by atoms with E-state index in [4.69, 9.17) is 0 Å². The van der Waals surface area contributed by atoms with Crippen LogP contribution in [0.3, 0.4) is 0 Å². The number of rotatable bonds is 3. The molecule has 0 saturated carbocycles. The normalized spacial score (nSPS) is 10.3. The number of fused-ring (bicyclic) bond motifs is 1. The summed E-state index contributed by atoms with van der Waals surface area (Å²) in [5.41, 5.74) is 1.47. The highest BCUT2D eigenvalue weighted by Gasteiger charge is 2.19. The third-order valence-corrected chi connectivity index (χ3v) is 3.23. The van der Waals surface area contributed by atoms with E-state index in [1.165, 1.54) is 30.6 Å². The van der Waals surface area contributed by atoms with Gasteiger partial charge in [-0.05, 0) is 24.3 Å². The summed E-state index contributed by atoms with van der Waals surface area (Å²) in [5, 5.41) is 15.6. The summed E-state index contributed by atoms with van der Waals surface area (Å²) in [6, 6.07) is 10.5. The van der Waals surface area contributed by atoms with Crippen LogP contribution in [0.25, 0.3) is 11.0 Å². The molecule has 1 aromatic heterocycles. The molecule has 24 heavy (non-hydrogen) atoms. The Kier molecular flexibility index (Phi) is 3.89. The third kappa shape index (κ3) is 3.04. The van der Waals surface area contributed by atoms with E-state index < -0.39 is 16.7 Å². The number of nitro groups is 1. The summed E-state index contributed by atoms with van der Waals surface area (Å²) in [4.78, 5) is 41.1. The lowest BCUT2D eigenvalue weighted by Gasteiger charge is -2.07. The van der Waals surface area contributed by atoms with Crippen LogP contribution in [0.1, 0.15) is 0 Å². The van der Waals surface area contributed by atoms with Gasteiger partial charge < -0.3 is 15.6 Å². The van der Waals surface area contributed by atoms with Gasteiger partial charge in [0.05, 0.1) is 22.3 Å². The number of hydrogen-bond donors (Lipinski definition) is 3. The van der Waals surface area contributed by atoms with Crippen LogP contribution < -0.4 is 10.6 Å². The third-order valence-electron chi connectivity index (χ3n) is 3.23. The van der Waals surface area contributed by atoms with Crippen LogP contribution in [0.5, 0.6) is 0 Å². The van der Waals surface area contributed by atoms with Gasteiger partial charge in [-0.15, -0.1) is 0 Å². The molecule has 2 amide bonds. The number of nitrogens with one attached hydrogen (secondary N) is 3. The van der Waals surface area contributed by atoms with Gasteiger partial charge in [-0.1, -0.05) is 12.1 Å². The van der Waals surface area contributed by atoms with E-state index in [9.17, 15) is 19.7 Å². The highest BCUT2D eigenvalue weighted by atomic mass is 16.6. The second-order valence-corrected chi connectivity index (χ2v) is 4.82. The zero-order chi connectivity index (χ0) is 17.1. The second kappa shape index (κ2) is 6.16. The van der Waals surface area contributed by atoms with Crippen LogP contribution in [0.2, 0.25) is 0 Å². The van der Waals surface area contributed by atoms with Crippen molar-refractivity contribution in [3.8, 4) is 0 Å². The molecule has 0 atom stereocenters. The molecule has 2 aromatic carbocycles. The standard InChI is InChI=1S/C15H11N5O4/c21-14(18-9-5-6-10-12(7-9)17-8-16-10)15(22)19-11-3-1-2-4-13(11)20(23)24/h1-8H,(H,16,17)(H,18,21)(H,19,22). The fourth-order valence-corrected chi connectivity index (χ4v) is 2.12. The number of aromatic amines is 1. The zero-order valence-corrected chi connectivity index (χ0v) is 12.1. The summed E-state index contributed by atoms with van der Waals surface area (Å²) in [6.45, 7) is 0. The van der Waals surface area contributed by atoms with Crippen LogP contribution >= 0.6 is 0 Å². The molecule has 0 radical (unpaired) electrons. The summed E-state index contributed by atoms with van der Waals surface area (Å²) in [6.07, 6.45) is 1.51. The Bertz CT molecular complexity index is 950. The van der Waals surface area contributed by atoms with Gasteiger partial charge in [0, 0.05) is 11.8 Å². The number of anilines is 2. The van der Waals surface area contributed by atoms with Crippen LogP contribution in [0, 0.1) is 10.1 Å². The van der Waals surface area contributed by atoms with Crippen LogP contribution in [0.4, 0.5) is 17.1 Å². The van der Waals surface area contributed by atoms with Crippen molar-refractivity contribution >= 4 is 39.9 Å². The lowest BCUT2D eigenvalue weighted by atomic mass is 10.2. The van der Waals surface area contributed by atoms with Gasteiger partial charge in [0.1, 0.15) is 5.69 Å². The molecule has 9 nitrogen and oxygen atoms in total. The first-order valence-electron chi connectivity index (χ1n) is 6.83. The number of nitrogens with zero attached hydrogens (tertiary/aromatic N) is 2. The van der Waals surface area contributed by atoms with Crippen molar-refractivity contribution < 1.29 is 14.5 Å². The first kappa shape index (κ1) is 15.2. The van der Waals surface area contributed by atoms with Gasteiger partial charge >= 0.3 is 11.8 Å². The first-order chi connectivity index (χ1) is 11.5. The van der Waals surface area contributed by atoms with Crippen molar-refractivity contribution in [2.24, 2.45) is 0 Å². The first-order valence-corrected chi connectivity index (χ1v) is 6.83. The molecule has 0 aliphatic heterocycles. The number of H-pyrrole nitrogens is 1. The van der Waals surface area contributed by atoms with Gasteiger partial charge in [0.2, 0.25) is 0 Å². The van der Waals surface area contributed by atoms with Crippen molar-refractivity contribution in [3.63, 3.8) is 0 Å². The number of aromatic nitrogens is 2. The largest absolute Gasteiger partial charge is 0.345 e.